The molecule has 3 aromatic rings. The lowest BCUT2D eigenvalue weighted by Crippen LogP contribution is -2.59. The van der Waals surface area contributed by atoms with Crippen molar-refractivity contribution in [1.82, 2.24) is 25.1 Å². The second-order valence-corrected chi connectivity index (χ2v) is 11.0. The van der Waals surface area contributed by atoms with Crippen LogP contribution in [0.2, 0.25) is 0 Å². The topological polar surface area (TPSA) is 123 Å². The predicted molar refractivity (Wildman–Crippen MR) is 156 cm³/mol. The molecule has 0 saturated carbocycles. The minimum atomic E-state index is -0.856. The van der Waals surface area contributed by atoms with Gasteiger partial charge < -0.3 is 20.3 Å². The summed E-state index contributed by atoms with van der Waals surface area (Å²) >= 11 is 0. The zero-order chi connectivity index (χ0) is 29.7. The van der Waals surface area contributed by atoms with Gasteiger partial charge in [-0.15, -0.1) is 0 Å². The summed E-state index contributed by atoms with van der Waals surface area (Å²) in [5.41, 5.74) is 1.85. The van der Waals surface area contributed by atoms with Crippen LogP contribution in [0.1, 0.15) is 49.4 Å². The lowest BCUT2D eigenvalue weighted by Gasteiger charge is -2.42. The fraction of sp³-hybridized carbons (Fsp3) is 0.406. The van der Waals surface area contributed by atoms with Gasteiger partial charge in [0.1, 0.15) is 29.9 Å². The molecule has 10 heteroatoms. The van der Waals surface area contributed by atoms with Gasteiger partial charge in [-0.1, -0.05) is 49.4 Å². The van der Waals surface area contributed by atoms with E-state index in [1.807, 2.05) is 61.5 Å². The summed E-state index contributed by atoms with van der Waals surface area (Å²) in [5.74, 6) is 0.253. The molecule has 2 aliphatic rings. The average molecular weight is 572 g/mol. The number of carbonyl (C=O) groups excluding carboxylic acids is 4. The molecule has 3 amide bonds. The summed E-state index contributed by atoms with van der Waals surface area (Å²) in [4.78, 5) is 59.1. The Kier molecular flexibility index (Phi) is 8.70. The third-order valence-corrected chi connectivity index (χ3v) is 8.44. The number of likely N-dealkylation sites (tertiary alicyclic amines) is 1. The van der Waals surface area contributed by atoms with Crippen molar-refractivity contribution < 1.29 is 23.9 Å². The first-order valence-electron chi connectivity index (χ1n) is 14.5. The summed E-state index contributed by atoms with van der Waals surface area (Å²) in [6.45, 7) is 2.80. The van der Waals surface area contributed by atoms with Crippen LogP contribution in [0.5, 0.6) is 5.75 Å². The normalized spacial score (nSPS) is 18.4. The molecule has 5 rings (SSSR count). The highest BCUT2D eigenvalue weighted by Crippen LogP contribution is 2.38. The van der Waals surface area contributed by atoms with E-state index in [2.05, 4.69) is 15.6 Å². The summed E-state index contributed by atoms with van der Waals surface area (Å²) in [7, 11) is 1.59. The number of carbonyl (C=O) groups is 4. The van der Waals surface area contributed by atoms with E-state index >= 15 is 0 Å². The second-order valence-electron chi connectivity index (χ2n) is 11.0. The molecule has 220 valence electrons. The van der Waals surface area contributed by atoms with Gasteiger partial charge in [-0.05, 0) is 42.5 Å². The number of piperidine rings is 1. The van der Waals surface area contributed by atoms with Gasteiger partial charge in [0, 0.05) is 44.2 Å². The number of aromatic nitrogens is 2. The molecule has 2 aliphatic heterocycles. The van der Waals surface area contributed by atoms with Crippen molar-refractivity contribution in [3.05, 3.63) is 83.9 Å². The van der Waals surface area contributed by atoms with Crippen LogP contribution in [0.25, 0.3) is 0 Å². The third-order valence-electron chi connectivity index (χ3n) is 8.44. The highest BCUT2D eigenvalue weighted by atomic mass is 16.5. The van der Waals surface area contributed by atoms with Crippen molar-refractivity contribution in [1.29, 1.82) is 0 Å². The summed E-state index contributed by atoms with van der Waals surface area (Å²) in [5, 5.41) is 5.63. The maximum atomic E-state index is 14.0. The maximum Gasteiger partial charge on any atom is 0.327 e. The van der Waals surface area contributed by atoms with Gasteiger partial charge in [0.2, 0.25) is 11.8 Å². The van der Waals surface area contributed by atoms with Gasteiger partial charge in [-0.25, -0.2) is 9.78 Å². The number of benzene rings is 2. The van der Waals surface area contributed by atoms with E-state index < -0.39 is 29.4 Å². The van der Waals surface area contributed by atoms with Gasteiger partial charge in [0.15, 0.2) is 0 Å². The van der Waals surface area contributed by atoms with Gasteiger partial charge in [-0.3, -0.25) is 19.0 Å². The first-order valence-corrected chi connectivity index (χ1v) is 14.5. The molecule has 1 aromatic heterocycles. The number of ether oxygens (including phenoxy) is 1. The van der Waals surface area contributed by atoms with Crippen LogP contribution >= 0.6 is 0 Å². The van der Waals surface area contributed by atoms with E-state index in [1.165, 1.54) is 10.9 Å². The number of nitrogens with one attached hydrogen (secondary N) is 2. The number of hydrogen-bond donors (Lipinski definition) is 2. The van der Waals surface area contributed by atoms with Gasteiger partial charge in [0.05, 0.1) is 12.5 Å². The summed E-state index contributed by atoms with van der Waals surface area (Å²) in [6.07, 6.45) is 5.81. The fourth-order valence-corrected chi connectivity index (χ4v) is 6.04. The highest BCUT2D eigenvalue weighted by Gasteiger charge is 2.43. The van der Waals surface area contributed by atoms with Crippen LogP contribution in [0.4, 0.5) is 4.79 Å². The van der Waals surface area contributed by atoms with Gasteiger partial charge >= 0.3 is 6.03 Å². The van der Waals surface area contributed by atoms with Crippen LogP contribution in [0.3, 0.4) is 0 Å². The molecule has 0 radical (unpaired) electrons. The van der Waals surface area contributed by atoms with E-state index in [9.17, 15) is 19.2 Å². The molecule has 1 fully saturated rings. The van der Waals surface area contributed by atoms with E-state index in [1.54, 1.807) is 18.2 Å². The van der Waals surface area contributed by atoms with Crippen molar-refractivity contribution in [3.8, 4) is 5.75 Å². The molecule has 42 heavy (non-hydrogen) atoms. The number of imidazole rings is 1. The Balaban J connectivity index is 1.34. The molecule has 10 nitrogen and oxygen atoms in total. The third kappa shape index (κ3) is 5.93. The number of fused-ring (bicyclic) bond motifs is 1. The highest BCUT2D eigenvalue weighted by molar-refractivity contribution is 5.94. The second kappa shape index (κ2) is 12.6. The average Bonchev–Trinajstić information content (AvgIpc) is 3.51. The first kappa shape index (κ1) is 29.0. The monoisotopic (exact) mass is 571 g/mol. The Morgan fingerprint density at radius 3 is 2.48 bits per heavy atom. The summed E-state index contributed by atoms with van der Waals surface area (Å²) in [6, 6.07) is 15.1. The molecule has 2 aromatic carbocycles. The quantitative estimate of drug-likeness (QED) is 0.386. The maximum absolute atomic E-state index is 14.0. The Morgan fingerprint density at radius 2 is 1.81 bits per heavy atom. The van der Waals surface area contributed by atoms with Gasteiger partial charge in [0.25, 0.3) is 0 Å². The standard InChI is InChI=1S/C32H37N5O5/c1-3-7-28(38)32(23-8-5-4-6-9-23)14-16-36(17-15-32)30(40)27(18-22-10-12-25(42-2)13-11-22)34-29(39)26-19-24-20-33-21-37(24)31(41)35-26/h4-6,8-13,20-21,26-27H,3,7,14-19H2,1-2H3,(H,34,39)(H,35,41). The first-order chi connectivity index (χ1) is 20.3. The molecule has 0 aliphatic carbocycles. The van der Waals surface area contributed by atoms with Crippen LogP contribution in [-0.4, -0.2) is 70.4 Å². The molecule has 1 saturated heterocycles. The smallest absolute Gasteiger partial charge is 0.327 e. The SMILES string of the molecule is CCCC(=O)C1(c2ccccc2)CCN(C(=O)C(Cc2ccc(OC)cc2)NC(=O)C2Cc3cncn3C(=O)N2)CC1. The van der Waals surface area contributed by atoms with Crippen molar-refractivity contribution in [2.45, 2.75) is 62.9 Å². The number of amides is 3. The van der Waals surface area contributed by atoms with Crippen LogP contribution in [0.15, 0.2) is 67.1 Å². The molecule has 3 heterocycles. The Labute approximate surface area is 245 Å². The molecule has 2 unspecified atom stereocenters. The van der Waals surface area contributed by atoms with Gasteiger partial charge in [-0.2, -0.15) is 0 Å². The van der Waals surface area contributed by atoms with Crippen molar-refractivity contribution in [3.63, 3.8) is 0 Å². The molecule has 0 spiro atoms. The molecule has 2 N–H and O–H groups in total. The lowest BCUT2D eigenvalue weighted by atomic mass is 9.68. The fourth-order valence-electron chi connectivity index (χ4n) is 6.04. The minimum Gasteiger partial charge on any atom is -0.497 e. The van der Waals surface area contributed by atoms with E-state index in [-0.39, 0.29) is 24.5 Å². The number of nitrogens with zero attached hydrogens (tertiary/aromatic N) is 3. The van der Waals surface area contributed by atoms with E-state index in [4.69, 9.17) is 4.74 Å². The number of Topliss-reactive ketones (excluding diaryl/α,β-unsaturated/α-hetero) is 1. The van der Waals surface area contributed by atoms with Crippen molar-refractivity contribution in [2.75, 3.05) is 20.2 Å². The van der Waals surface area contributed by atoms with E-state index in [0.717, 1.165) is 17.5 Å². The summed E-state index contributed by atoms with van der Waals surface area (Å²) < 4.78 is 6.64. The molecule has 0 bridgehead atoms. The number of hydrogen-bond acceptors (Lipinski definition) is 6. The molecular weight excluding hydrogens is 534 g/mol. The zero-order valence-electron chi connectivity index (χ0n) is 24.0. The van der Waals surface area contributed by atoms with Crippen molar-refractivity contribution >= 4 is 23.6 Å². The minimum absolute atomic E-state index is 0.207. The largest absolute Gasteiger partial charge is 0.497 e. The zero-order valence-corrected chi connectivity index (χ0v) is 24.0. The molecular formula is C32H37N5O5. The lowest BCUT2D eigenvalue weighted by molar-refractivity contribution is -0.140. The van der Waals surface area contributed by atoms with Crippen LogP contribution < -0.4 is 15.4 Å². The number of methoxy groups -OCH3 is 1. The van der Waals surface area contributed by atoms with E-state index in [0.29, 0.717) is 43.8 Å². The van der Waals surface area contributed by atoms with Crippen LogP contribution in [-0.2, 0) is 32.6 Å². The Hall–Kier alpha value is -4.47. The Bertz CT molecular complexity index is 1430. The molecule has 2 atom stereocenters. The number of rotatable bonds is 10. The Morgan fingerprint density at radius 1 is 1.10 bits per heavy atom. The predicted octanol–water partition coefficient (Wildman–Crippen LogP) is 3.03. The van der Waals surface area contributed by atoms with Crippen LogP contribution in [0, 0.1) is 0 Å². The number of ketones is 1. The van der Waals surface area contributed by atoms with Crippen molar-refractivity contribution in [2.24, 2.45) is 0 Å².